The highest BCUT2D eigenvalue weighted by Gasteiger charge is 2.32. The molecule has 0 unspecified atom stereocenters. The number of nitrogens with zero attached hydrogens (tertiary/aromatic N) is 1. The molecule has 154 valence electrons. The summed E-state index contributed by atoms with van der Waals surface area (Å²) in [6.07, 6.45) is 6.00. The molecule has 2 amide bonds. The quantitative estimate of drug-likeness (QED) is 0.459. The number of benzene rings is 1. The van der Waals surface area contributed by atoms with Crippen molar-refractivity contribution in [1.82, 2.24) is 10.2 Å². The van der Waals surface area contributed by atoms with Gasteiger partial charge in [0.25, 0.3) is 5.91 Å². The average Bonchev–Trinajstić information content (AvgIpc) is 2.97. The fraction of sp³-hybridized carbons (Fsp3) is 0.333. The molecule has 8 heteroatoms. The minimum Gasteiger partial charge on any atom is -0.480 e. The maximum atomic E-state index is 12.5. The molecule has 1 heterocycles. The molecular formula is C21H24N2O4S2. The molecule has 1 fully saturated rings. The summed E-state index contributed by atoms with van der Waals surface area (Å²) in [6.45, 7) is 3.75. The number of thiocarbonyl (C=S) groups is 1. The SMILES string of the molecule is CC[C@@H](C)[C@H](NC(=O)CCN1C(=O)/C(=C\C=C\c2ccccc2)SC1=S)C(=O)O. The van der Waals surface area contributed by atoms with E-state index in [0.29, 0.717) is 15.6 Å². The summed E-state index contributed by atoms with van der Waals surface area (Å²) in [5, 5.41) is 11.8. The number of carbonyl (C=O) groups excluding carboxylic acids is 2. The van der Waals surface area contributed by atoms with Crippen LogP contribution >= 0.6 is 24.0 Å². The Morgan fingerprint density at radius 1 is 1.31 bits per heavy atom. The van der Waals surface area contributed by atoms with Crippen LogP contribution in [0, 0.1) is 5.92 Å². The van der Waals surface area contributed by atoms with Gasteiger partial charge in [-0.15, -0.1) is 0 Å². The van der Waals surface area contributed by atoms with Crippen molar-refractivity contribution in [2.75, 3.05) is 6.54 Å². The highest BCUT2D eigenvalue weighted by molar-refractivity contribution is 8.26. The zero-order chi connectivity index (χ0) is 21.4. The maximum Gasteiger partial charge on any atom is 0.326 e. The van der Waals surface area contributed by atoms with E-state index in [4.69, 9.17) is 12.2 Å². The Morgan fingerprint density at radius 3 is 2.62 bits per heavy atom. The molecule has 1 aromatic carbocycles. The lowest BCUT2D eigenvalue weighted by molar-refractivity contribution is -0.143. The molecule has 2 atom stereocenters. The van der Waals surface area contributed by atoms with Crippen LogP contribution in [0.4, 0.5) is 0 Å². The molecule has 0 aliphatic carbocycles. The first-order valence-electron chi connectivity index (χ1n) is 9.32. The Balaban J connectivity index is 1.93. The molecule has 2 rings (SSSR count). The van der Waals surface area contributed by atoms with Gasteiger partial charge in [0.2, 0.25) is 5.91 Å². The lowest BCUT2D eigenvalue weighted by Gasteiger charge is -2.21. The van der Waals surface area contributed by atoms with Crippen molar-refractivity contribution in [2.24, 2.45) is 5.92 Å². The van der Waals surface area contributed by atoms with Crippen molar-refractivity contribution >= 4 is 52.2 Å². The Kier molecular flexibility index (Phi) is 8.60. The van der Waals surface area contributed by atoms with Gasteiger partial charge in [-0.05, 0) is 17.6 Å². The number of hydrogen-bond donors (Lipinski definition) is 2. The normalized spacial score (nSPS) is 17.7. The summed E-state index contributed by atoms with van der Waals surface area (Å²) in [5.74, 6) is -1.92. The van der Waals surface area contributed by atoms with E-state index in [0.717, 1.165) is 5.56 Å². The number of carbonyl (C=O) groups is 3. The van der Waals surface area contributed by atoms with E-state index in [2.05, 4.69) is 5.32 Å². The van der Waals surface area contributed by atoms with Gasteiger partial charge in [-0.25, -0.2) is 4.79 Å². The number of hydrogen-bond acceptors (Lipinski definition) is 5. The van der Waals surface area contributed by atoms with Gasteiger partial charge in [-0.1, -0.05) is 86.7 Å². The Morgan fingerprint density at radius 2 is 2.00 bits per heavy atom. The van der Waals surface area contributed by atoms with Gasteiger partial charge in [0.15, 0.2) is 0 Å². The fourth-order valence-electron chi connectivity index (χ4n) is 2.66. The van der Waals surface area contributed by atoms with Crippen LogP contribution in [-0.4, -0.2) is 44.7 Å². The summed E-state index contributed by atoms with van der Waals surface area (Å²) in [7, 11) is 0. The van der Waals surface area contributed by atoms with Crippen LogP contribution in [-0.2, 0) is 14.4 Å². The molecule has 0 bridgehead atoms. The van der Waals surface area contributed by atoms with E-state index in [1.807, 2.05) is 43.3 Å². The molecule has 1 aliphatic rings. The van der Waals surface area contributed by atoms with E-state index >= 15 is 0 Å². The molecular weight excluding hydrogens is 408 g/mol. The number of amides is 2. The van der Waals surface area contributed by atoms with Crippen LogP contribution in [0.15, 0.2) is 47.4 Å². The molecule has 1 saturated heterocycles. The van der Waals surface area contributed by atoms with Gasteiger partial charge in [0.1, 0.15) is 10.4 Å². The summed E-state index contributed by atoms with van der Waals surface area (Å²) in [6, 6.07) is 8.76. The first-order valence-corrected chi connectivity index (χ1v) is 10.5. The zero-order valence-electron chi connectivity index (χ0n) is 16.3. The highest BCUT2D eigenvalue weighted by atomic mass is 32.2. The lowest BCUT2D eigenvalue weighted by atomic mass is 9.99. The summed E-state index contributed by atoms with van der Waals surface area (Å²) >= 11 is 6.45. The van der Waals surface area contributed by atoms with Crippen molar-refractivity contribution in [2.45, 2.75) is 32.7 Å². The van der Waals surface area contributed by atoms with Crippen molar-refractivity contribution < 1.29 is 19.5 Å². The zero-order valence-corrected chi connectivity index (χ0v) is 18.0. The Labute approximate surface area is 180 Å². The summed E-state index contributed by atoms with van der Waals surface area (Å²) in [4.78, 5) is 37.9. The van der Waals surface area contributed by atoms with Gasteiger partial charge >= 0.3 is 5.97 Å². The standard InChI is InChI=1S/C21H24N2O4S2/c1-3-14(2)18(20(26)27)22-17(24)12-13-23-19(25)16(29-21(23)28)11-7-10-15-8-5-4-6-9-15/h4-11,14,18H,3,12-13H2,1-2H3,(H,22,24)(H,26,27)/b10-7+,16-11+/t14-,18+/m1/s1. The first kappa shape index (κ1) is 22.8. The van der Waals surface area contributed by atoms with Crippen molar-refractivity contribution in [1.29, 1.82) is 0 Å². The second kappa shape index (κ2) is 10.9. The number of carboxylic acid groups (broad SMARTS) is 1. The number of nitrogens with one attached hydrogen (secondary N) is 1. The van der Waals surface area contributed by atoms with Crippen molar-refractivity contribution in [3.63, 3.8) is 0 Å². The largest absolute Gasteiger partial charge is 0.480 e. The topological polar surface area (TPSA) is 86.7 Å². The van der Waals surface area contributed by atoms with E-state index in [1.54, 1.807) is 19.1 Å². The molecule has 0 radical (unpaired) electrons. The van der Waals surface area contributed by atoms with Gasteiger partial charge in [0.05, 0.1) is 4.91 Å². The minimum absolute atomic E-state index is 0.0141. The first-order chi connectivity index (χ1) is 13.8. The molecule has 29 heavy (non-hydrogen) atoms. The van der Waals surface area contributed by atoms with E-state index in [9.17, 15) is 19.5 Å². The van der Waals surface area contributed by atoms with Crippen molar-refractivity contribution in [3.05, 3.63) is 53.0 Å². The van der Waals surface area contributed by atoms with Crippen LogP contribution < -0.4 is 5.32 Å². The van der Waals surface area contributed by atoms with Crippen LogP contribution in [0.3, 0.4) is 0 Å². The number of thioether (sulfide) groups is 1. The van der Waals surface area contributed by atoms with Crippen LogP contribution in [0.2, 0.25) is 0 Å². The smallest absolute Gasteiger partial charge is 0.326 e. The highest BCUT2D eigenvalue weighted by Crippen LogP contribution is 2.31. The predicted octanol–water partition coefficient (Wildman–Crippen LogP) is 3.45. The van der Waals surface area contributed by atoms with Crippen LogP contribution in [0.25, 0.3) is 6.08 Å². The summed E-state index contributed by atoms with van der Waals surface area (Å²) in [5.41, 5.74) is 1.02. The average molecular weight is 433 g/mol. The van der Waals surface area contributed by atoms with Crippen molar-refractivity contribution in [3.8, 4) is 0 Å². The van der Waals surface area contributed by atoms with Gasteiger partial charge < -0.3 is 10.4 Å². The van der Waals surface area contributed by atoms with Gasteiger partial charge in [-0.2, -0.15) is 0 Å². The molecule has 0 saturated carbocycles. The van der Waals surface area contributed by atoms with E-state index in [-0.39, 0.29) is 24.8 Å². The fourth-order valence-corrected chi connectivity index (χ4v) is 3.92. The molecule has 0 spiro atoms. The Hall–Kier alpha value is -2.45. The van der Waals surface area contributed by atoms with Crippen LogP contribution in [0.1, 0.15) is 32.3 Å². The maximum absolute atomic E-state index is 12.5. The number of allylic oxidation sites excluding steroid dienone is 2. The molecule has 6 nitrogen and oxygen atoms in total. The number of aliphatic carboxylic acids is 1. The monoisotopic (exact) mass is 432 g/mol. The third-order valence-electron chi connectivity index (χ3n) is 4.57. The third kappa shape index (κ3) is 6.54. The molecule has 0 aromatic heterocycles. The second-order valence-electron chi connectivity index (χ2n) is 6.64. The number of carboxylic acids is 1. The Bertz CT molecular complexity index is 836. The second-order valence-corrected chi connectivity index (χ2v) is 8.32. The lowest BCUT2D eigenvalue weighted by Crippen LogP contribution is -2.46. The van der Waals surface area contributed by atoms with E-state index in [1.165, 1.54) is 16.7 Å². The van der Waals surface area contributed by atoms with Crippen LogP contribution in [0.5, 0.6) is 0 Å². The molecule has 1 aliphatic heterocycles. The third-order valence-corrected chi connectivity index (χ3v) is 5.96. The van der Waals surface area contributed by atoms with E-state index < -0.39 is 17.9 Å². The van der Waals surface area contributed by atoms with Gasteiger partial charge in [-0.3, -0.25) is 14.5 Å². The predicted molar refractivity (Wildman–Crippen MR) is 119 cm³/mol. The minimum atomic E-state index is -1.06. The molecule has 2 N–H and O–H groups in total. The molecule has 1 aromatic rings. The van der Waals surface area contributed by atoms with Gasteiger partial charge in [0, 0.05) is 13.0 Å². The summed E-state index contributed by atoms with van der Waals surface area (Å²) < 4.78 is 0.388. The number of rotatable bonds is 9.